The molecular weight excluding hydrogens is 228 g/mol. The Labute approximate surface area is 111 Å². The fourth-order valence-corrected chi connectivity index (χ4v) is 2.75. The summed E-state index contributed by atoms with van der Waals surface area (Å²) in [5, 5.41) is 12.6. The Morgan fingerprint density at radius 2 is 2.00 bits per heavy atom. The monoisotopic (exact) mass is 256 g/mol. The molecule has 2 N–H and O–H groups in total. The van der Waals surface area contributed by atoms with Crippen LogP contribution in [0.5, 0.6) is 0 Å². The van der Waals surface area contributed by atoms with Crippen molar-refractivity contribution in [2.45, 2.75) is 64.0 Å². The third-order valence-electron chi connectivity index (χ3n) is 4.00. The molecule has 0 radical (unpaired) electrons. The fraction of sp³-hybridized carbons (Fsp3) is 0.929. The minimum absolute atomic E-state index is 0.556. The number of carboxylic acid groups (broad SMARTS) is 1. The zero-order chi connectivity index (χ0) is 13.6. The van der Waals surface area contributed by atoms with Gasteiger partial charge in [0, 0.05) is 12.6 Å². The molecule has 0 aromatic carbocycles. The second-order valence-corrected chi connectivity index (χ2v) is 5.77. The summed E-state index contributed by atoms with van der Waals surface area (Å²) in [6.45, 7) is 5.18. The average molecular weight is 256 g/mol. The summed E-state index contributed by atoms with van der Waals surface area (Å²) in [6.07, 6.45) is 7.26. The quantitative estimate of drug-likeness (QED) is 0.732. The molecule has 0 heterocycles. The highest BCUT2D eigenvalue weighted by molar-refractivity contribution is 5.78. The fourth-order valence-electron chi connectivity index (χ4n) is 2.75. The molecule has 1 aliphatic carbocycles. The largest absolute Gasteiger partial charge is 0.480 e. The molecule has 4 nitrogen and oxygen atoms in total. The zero-order valence-corrected chi connectivity index (χ0v) is 12.0. The first-order chi connectivity index (χ1) is 8.49. The number of carboxylic acids is 1. The first-order valence-electron chi connectivity index (χ1n) is 7.18. The van der Waals surface area contributed by atoms with Crippen LogP contribution in [0.25, 0.3) is 0 Å². The van der Waals surface area contributed by atoms with Gasteiger partial charge < -0.3 is 15.3 Å². The van der Waals surface area contributed by atoms with E-state index in [1.165, 1.54) is 32.1 Å². The molecule has 1 atom stereocenters. The van der Waals surface area contributed by atoms with Crippen molar-refractivity contribution < 1.29 is 9.90 Å². The second kappa shape index (κ2) is 7.10. The smallest absolute Gasteiger partial charge is 0.324 e. The van der Waals surface area contributed by atoms with E-state index in [2.05, 4.69) is 24.2 Å². The van der Waals surface area contributed by atoms with Crippen molar-refractivity contribution in [3.05, 3.63) is 0 Å². The highest BCUT2D eigenvalue weighted by Crippen LogP contribution is 2.23. The van der Waals surface area contributed by atoms with Crippen LogP contribution in [-0.4, -0.2) is 47.7 Å². The average Bonchev–Trinajstić information content (AvgIpc) is 2.37. The van der Waals surface area contributed by atoms with Gasteiger partial charge in [0.1, 0.15) is 5.54 Å². The summed E-state index contributed by atoms with van der Waals surface area (Å²) in [6, 6.07) is 0.556. The minimum atomic E-state index is -0.831. The van der Waals surface area contributed by atoms with Gasteiger partial charge in [-0.25, -0.2) is 0 Å². The Morgan fingerprint density at radius 3 is 2.50 bits per heavy atom. The summed E-state index contributed by atoms with van der Waals surface area (Å²) in [7, 11) is 2.06. The van der Waals surface area contributed by atoms with Crippen molar-refractivity contribution in [2.24, 2.45) is 0 Å². The lowest BCUT2D eigenvalue weighted by Crippen LogP contribution is -2.58. The lowest BCUT2D eigenvalue weighted by molar-refractivity contribution is -0.145. The predicted octanol–water partition coefficient (Wildman–Crippen LogP) is 2.09. The SMILES string of the molecule is CCCNC(C)(CN(C)C1CCCCC1)C(=O)O. The maximum absolute atomic E-state index is 11.5. The van der Waals surface area contributed by atoms with Crippen LogP contribution in [0.4, 0.5) is 0 Å². The van der Waals surface area contributed by atoms with Gasteiger partial charge in [-0.1, -0.05) is 26.2 Å². The van der Waals surface area contributed by atoms with Gasteiger partial charge >= 0.3 is 5.97 Å². The number of hydrogen-bond acceptors (Lipinski definition) is 3. The lowest BCUT2D eigenvalue weighted by Gasteiger charge is -2.37. The van der Waals surface area contributed by atoms with Gasteiger partial charge in [-0.15, -0.1) is 0 Å². The highest BCUT2D eigenvalue weighted by atomic mass is 16.4. The normalized spacial score (nSPS) is 20.9. The van der Waals surface area contributed by atoms with Crippen LogP contribution in [0.2, 0.25) is 0 Å². The molecule has 0 bridgehead atoms. The molecule has 106 valence electrons. The molecule has 1 rings (SSSR count). The van der Waals surface area contributed by atoms with Gasteiger partial charge in [-0.2, -0.15) is 0 Å². The van der Waals surface area contributed by atoms with Crippen LogP contribution in [0, 0.1) is 0 Å². The van der Waals surface area contributed by atoms with E-state index in [0.717, 1.165) is 13.0 Å². The van der Waals surface area contributed by atoms with E-state index in [4.69, 9.17) is 0 Å². The van der Waals surface area contributed by atoms with Gasteiger partial charge in [-0.3, -0.25) is 4.79 Å². The van der Waals surface area contributed by atoms with E-state index in [1.807, 2.05) is 0 Å². The molecule has 0 spiro atoms. The van der Waals surface area contributed by atoms with Crippen molar-refractivity contribution in [3.8, 4) is 0 Å². The van der Waals surface area contributed by atoms with Gasteiger partial charge in [0.15, 0.2) is 0 Å². The molecular formula is C14H28N2O2. The maximum atomic E-state index is 11.5. The van der Waals surface area contributed by atoms with Crippen LogP contribution < -0.4 is 5.32 Å². The number of nitrogens with one attached hydrogen (secondary N) is 1. The zero-order valence-electron chi connectivity index (χ0n) is 12.0. The Kier molecular flexibility index (Phi) is 6.09. The highest BCUT2D eigenvalue weighted by Gasteiger charge is 2.35. The van der Waals surface area contributed by atoms with Crippen LogP contribution in [0.1, 0.15) is 52.4 Å². The van der Waals surface area contributed by atoms with E-state index in [9.17, 15) is 9.90 Å². The molecule has 0 amide bonds. The molecule has 0 aromatic rings. The second-order valence-electron chi connectivity index (χ2n) is 5.77. The molecule has 0 aliphatic heterocycles. The van der Waals surface area contributed by atoms with Crippen molar-refractivity contribution in [3.63, 3.8) is 0 Å². The van der Waals surface area contributed by atoms with Crippen LogP contribution >= 0.6 is 0 Å². The Bertz CT molecular complexity index is 265. The molecule has 1 unspecified atom stereocenters. The molecule has 1 saturated carbocycles. The van der Waals surface area contributed by atoms with Crippen LogP contribution in [0.15, 0.2) is 0 Å². The summed E-state index contributed by atoms with van der Waals surface area (Å²) < 4.78 is 0. The molecule has 1 aliphatic rings. The minimum Gasteiger partial charge on any atom is -0.480 e. The number of hydrogen-bond donors (Lipinski definition) is 2. The van der Waals surface area contributed by atoms with Crippen LogP contribution in [0.3, 0.4) is 0 Å². The third kappa shape index (κ3) is 4.25. The van der Waals surface area contributed by atoms with E-state index in [0.29, 0.717) is 12.6 Å². The van der Waals surface area contributed by atoms with E-state index in [1.54, 1.807) is 6.92 Å². The van der Waals surface area contributed by atoms with E-state index < -0.39 is 11.5 Å². The van der Waals surface area contributed by atoms with Gasteiger partial charge in [-0.05, 0) is 39.8 Å². The lowest BCUT2D eigenvalue weighted by atomic mass is 9.92. The number of aliphatic carboxylic acids is 1. The van der Waals surface area contributed by atoms with Crippen molar-refractivity contribution in [1.82, 2.24) is 10.2 Å². The number of carbonyl (C=O) groups is 1. The molecule has 18 heavy (non-hydrogen) atoms. The van der Waals surface area contributed by atoms with E-state index >= 15 is 0 Å². The molecule has 1 fully saturated rings. The van der Waals surface area contributed by atoms with Crippen molar-refractivity contribution >= 4 is 5.97 Å². The topological polar surface area (TPSA) is 52.6 Å². The van der Waals surface area contributed by atoms with Crippen molar-refractivity contribution in [1.29, 1.82) is 0 Å². The van der Waals surface area contributed by atoms with Crippen molar-refractivity contribution in [2.75, 3.05) is 20.1 Å². The summed E-state index contributed by atoms with van der Waals surface area (Å²) in [5.74, 6) is -0.751. The standard InChI is InChI=1S/C14H28N2O2/c1-4-10-15-14(2,13(17)18)11-16(3)12-8-6-5-7-9-12/h12,15H,4-11H2,1-3H3,(H,17,18). The van der Waals surface area contributed by atoms with Gasteiger partial charge in [0.25, 0.3) is 0 Å². The van der Waals surface area contributed by atoms with E-state index in [-0.39, 0.29) is 0 Å². The summed E-state index contributed by atoms with van der Waals surface area (Å²) in [4.78, 5) is 13.7. The molecule has 0 aromatic heterocycles. The molecule has 4 heteroatoms. The maximum Gasteiger partial charge on any atom is 0.324 e. The Hall–Kier alpha value is -0.610. The summed E-state index contributed by atoms with van der Waals surface area (Å²) in [5.41, 5.74) is -0.831. The molecule has 0 saturated heterocycles. The predicted molar refractivity (Wildman–Crippen MR) is 73.8 cm³/mol. The summed E-state index contributed by atoms with van der Waals surface area (Å²) >= 11 is 0. The van der Waals surface area contributed by atoms with Gasteiger partial charge in [0.2, 0.25) is 0 Å². The number of nitrogens with zero attached hydrogens (tertiary/aromatic N) is 1. The Balaban J connectivity index is 2.55. The van der Waals surface area contributed by atoms with Crippen LogP contribution in [-0.2, 0) is 4.79 Å². The first kappa shape index (κ1) is 15.4. The number of likely N-dealkylation sites (N-methyl/N-ethyl adjacent to an activating group) is 1. The Morgan fingerprint density at radius 1 is 1.39 bits per heavy atom. The first-order valence-corrected chi connectivity index (χ1v) is 7.18. The number of rotatable bonds is 7. The third-order valence-corrected chi connectivity index (χ3v) is 4.00. The van der Waals surface area contributed by atoms with Gasteiger partial charge in [0.05, 0.1) is 0 Å².